The molecule has 4 rings (SSSR count). The van der Waals surface area contributed by atoms with Crippen LogP contribution in [0.5, 0.6) is 0 Å². The molecule has 0 spiro atoms. The molecule has 32 heavy (non-hydrogen) atoms. The molecule has 3 aromatic heterocycles. The third-order valence-corrected chi connectivity index (χ3v) is 6.08. The van der Waals surface area contributed by atoms with E-state index in [9.17, 15) is 13.6 Å². The molecular weight excluding hydrogens is 418 g/mol. The molecule has 0 saturated carbocycles. The number of aromatic nitrogens is 5. The minimum Gasteiger partial charge on any atom is -0.369 e. The number of fused-ring (bicyclic) bond motifs is 1. The van der Waals surface area contributed by atoms with Gasteiger partial charge in [0.1, 0.15) is 5.69 Å². The molecule has 0 aliphatic carbocycles. The summed E-state index contributed by atoms with van der Waals surface area (Å²) >= 11 is 0. The second-order valence-corrected chi connectivity index (χ2v) is 8.79. The maximum absolute atomic E-state index is 13.9. The van der Waals surface area contributed by atoms with Gasteiger partial charge in [-0.2, -0.15) is 8.78 Å². The number of carbonyl (C=O) groups excluding carboxylic acids is 1. The smallest absolute Gasteiger partial charge is 0.288 e. The number of likely N-dealkylation sites (N-methyl/N-ethyl adjacent to an activating group) is 1. The zero-order valence-corrected chi connectivity index (χ0v) is 18.5. The summed E-state index contributed by atoms with van der Waals surface area (Å²) in [6.07, 6.45) is 4.96. The Morgan fingerprint density at radius 3 is 2.69 bits per heavy atom. The summed E-state index contributed by atoms with van der Waals surface area (Å²) in [6.45, 7) is 4.48. The Labute approximate surface area is 184 Å². The highest BCUT2D eigenvalue weighted by molar-refractivity contribution is 5.92. The van der Waals surface area contributed by atoms with Crippen LogP contribution in [0.15, 0.2) is 24.7 Å². The van der Waals surface area contributed by atoms with Crippen molar-refractivity contribution in [2.24, 2.45) is 5.73 Å². The Morgan fingerprint density at radius 2 is 2.06 bits per heavy atom. The molecule has 4 heterocycles. The van der Waals surface area contributed by atoms with Crippen molar-refractivity contribution in [1.82, 2.24) is 29.6 Å². The summed E-state index contributed by atoms with van der Waals surface area (Å²) in [4.78, 5) is 28.2. The van der Waals surface area contributed by atoms with Crippen molar-refractivity contribution in [1.29, 1.82) is 0 Å². The lowest BCUT2D eigenvalue weighted by atomic mass is 10.0. The molecule has 1 aliphatic rings. The Bertz CT molecular complexity index is 1170. The Hall–Kier alpha value is -3.21. The van der Waals surface area contributed by atoms with E-state index in [1.165, 1.54) is 10.9 Å². The van der Waals surface area contributed by atoms with Crippen molar-refractivity contribution in [3.63, 3.8) is 0 Å². The number of nitrogens with zero attached hydrogens (tertiary/aromatic N) is 7. The monoisotopic (exact) mass is 444 g/mol. The first-order valence-electron chi connectivity index (χ1n) is 10.3. The first-order chi connectivity index (χ1) is 15.0. The van der Waals surface area contributed by atoms with Gasteiger partial charge >= 0.3 is 0 Å². The molecule has 0 aromatic carbocycles. The molecule has 1 amide bonds. The highest BCUT2D eigenvalue weighted by Crippen LogP contribution is 2.34. The van der Waals surface area contributed by atoms with E-state index in [0.29, 0.717) is 17.0 Å². The van der Waals surface area contributed by atoms with Gasteiger partial charge in [0.15, 0.2) is 11.6 Å². The number of nitrogens with two attached hydrogens (primary N) is 1. The normalized spacial score (nSPS) is 19.3. The lowest BCUT2D eigenvalue weighted by molar-refractivity contribution is -0.117. The molecule has 9 nitrogen and oxygen atoms in total. The molecule has 2 N–H and O–H groups in total. The second-order valence-electron chi connectivity index (χ2n) is 8.79. The summed E-state index contributed by atoms with van der Waals surface area (Å²) in [6, 6.07) is 1.69. The number of hydrogen-bond acceptors (Lipinski definition) is 7. The summed E-state index contributed by atoms with van der Waals surface area (Å²) in [5.74, 6) is -2.82. The SMILES string of the molecule is CN(C)C1(C)CCN(c2nn(-c3cncc(C(C)(F)F)n3)c3cc(CC(N)=O)ncc23)C1. The van der Waals surface area contributed by atoms with Gasteiger partial charge in [-0.1, -0.05) is 0 Å². The van der Waals surface area contributed by atoms with E-state index >= 15 is 0 Å². The Kier molecular flexibility index (Phi) is 5.32. The minimum atomic E-state index is -3.14. The third kappa shape index (κ3) is 3.99. The summed E-state index contributed by atoms with van der Waals surface area (Å²) in [5, 5.41) is 5.46. The standard InChI is InChI=1S/C21H26F2N8O/c1-20(29(3)4)5-6-30(12-20)19-14-9-26-13(8-17(24)32)7-15(14)31(28-19)18-11-25-10-16(27-18)21(2,22)23/h7,9-11H,5-6,8,12H2,1-4H3,(H2,24,32). The highest BCUT2D eigenvalue weighted by Gasteiger charge is 2.37. The van der Waals surface area contributed by atoms with E-state index in [1.807, 2.05) is 14.1 Å². The number of pyridine rings is 1. The quantitative estimate of drug-likeness (QED) is 0.619. The van der Waals surface area contributed by atoms with Crippen LogP contribution in [0.4, 0.5) is 14.6 Å². The van der Waals surface area contributed by atoms with Crippen molar-refractivity contribution in [3.8, 4) is 5.82 Å². The number of amides is 1. The van der Waals surface area contributed by atoms with Crippen LogP contribution in [-0.4, -0.2) is 68.3 Å². The Morgan fingerprint density at radius 1 is 1.31 bits per heavy atom. The van der Waals surface area contributed by atoms with E-state index in [1.54, 1.807) is 12.3 Å². The molecule has 1 unspecified atom stereocenters. The zero-order chi connectivity index (χ0) is 23.3. The molecule has 11 heteroatoms. The molecule has 1 fully saturated rings. The number of halogens is 2. The number of hydrogen-bond donors (Lipinski definition) is 1. The van der Waals surface area contributed by atoms with E-state index in [-0.39, 0.29) is 17.8 Å². The summed E-state index contributed by atoms with van der Waals surface area (Å²) < 4.78 is 29.2. The molecule has 1 saturated heterocycles. The lowest BCUT2D eigenvalue weighted by Gasteiger charge is -2.32. The largest absolute Gasteiger partial charge is 0.369 e. The van der Waals surface area contributed by atoms with Crippen molar-refractivity contribution in [2.45, 2.75) is 38.2 Å². The number of primary amides is 1. The van der Waals surface area contributed by atoms with Crippen LogP contribution in [-0.2, 0) is 17.1 Å². The van der Waals surface area contributed by atoms with Crippen LogP contribution in [0.25, 0.3) is 16.7 Å². The van der Waals surface area contributed by atoms with Gasteiger partial charge in [-0.15, -0.1) is 5.10 Å². The number of anilines is 1. The average Bonchev–Trinajstić information content (AvgIpc) is 3.28. The van der Waals surface area contributed by atoms with E-state index in [2.05, 4.69) is 31.7 Å². The molecule has 1 atom stereocenters. The van der Waals surface area contributed by atoms with Crippen LogP contribution in [0.1, 0.15) is 31.7 Å². The van der Waals surface area contributed by atoms with Crippen LogP contribution in [0.3, 0.4) is 0 Å². The predicted molar refractivity (Wildman–Crippen MR) is 116 cm³/mol. The summed E-state index contributed by atoms with van der Waals surface area (Å²) in [5.41, 5.74) is 5.90. The minimum absolute atomic E-state index is 0.0283. The molecule has 170 valence electrons. The number of rotatable bonds is 6. The van der Waals surface area contributed by atoms with Crippen LogP contribution < -0.4 is 10.6 Å². The van der Waals surface area contributed by atoms with Gasteiger partial charge in [-0.25, -0.2) is 9.67 Å². The topological polar surface area (TPSA) is 106 Å². The van der Waals surface area contributed by atoms with Gasteiger partial charge < -0.3 is 15.5 Å². The molecule has 1 aliphatic heterocycles. The first-order valence-corrected chi connectivity index (χ1v) is 10.3. The van der Waals surface area contributed by atoms with Crippen molar-refractivity contribution < 1.29 is 13.6 Å². The molecule has 0 radical (unpaired) electrons. The van der Waals surface area contributed by atoms with Crippen LogP contribution in [0, 0.1) is 0 Å². The van der Waals surface area contributed by atoms with E-state index in [0.717, 1.165) is 38.0 Å². The highest BCUT2D eigenvalue weighted by atomic mass is 19.3. The fraction of sp³-hybridized carbons (Fsp3) is 0.476. The number of carbonyl (C=O) groups is 1. The average molecular weight is 444 g/mol. The van der Waals surface area contributed by atoms with Crippen molar-refractivity contribution in [2.75, 3.05) is 32.1 Å². The fourth-order valence-electron chi connectivity index (χ4n) is 3.88. The lowest BCUT2D eigenvalue weighted by Crippen LogP contribution is -2.43. The molecule has 3 aromatic rings. The third-order valence-electron chi connectivity index (χ3n) is 6.08. The first kappa shape index (κ1) is 22.0. The predicted octanol–water partition coefficient (Wildman–Crippen LogP) is 1.88. The van der Waals surface area contributed by atoms with Gasteiger partial charge in [0, 0.05) is 31.7 Å². The maximum atomic E-state index is 13.9. The zero-order valence-electron chi connectivity index (χ0n) is 18.5. The fourth-order valence-corrected chi connectivity index (χ4v) is 3.88. The maximum Gasteiger partial charge on any atom is 0.288 e. The summed E-state index contributed by atoms with van der Waals surface area (Å²) in [7, 11) is 4.09. The van der Waals surface area contributed by atoms with Gasteiger partial charge in [0.25, 0.3) is 5.92 Å². The van der Waals surface area contributed by atoms with Gasteiger partial charge in [0.2, 0.25) is 5.91 Å². The van der Waals surface area contributed by atoms with Crippen LogP contribution in [0.2, 0.25) is 0 Å². The second kappa shape index (κ2) is 7.73. The van der Waals surface area contributed by atoms with E-state index in [4.69, 9.17) is 10.8 Å². The van der Waals surface area contributed by atoms with Crippen molar-refractivity contribution >= 4 is 22.6 Å². The van der Waals surface area contributed by atoms with Gasteiger partial charge in [-0.3, -0.25) is 14.8 Å². The van der Waals surface area contributed by atoms with Gasteiger partial charge in [0.05, 0.1) is 35.4 Å². The van der Waals surface area contributed by atoms with Gasteiger partial charge in [-0.05, 0) is 33.5 Å². The Balaban J connectivity index is 1.86. The van der Waals surface area contributed by atoms with Crippen molar-refractivity contribution in [3.05, 3.63) is 36.0 Å². The van der Waals surface area contributed by atoms with Crippen LogP contribution >= 0.6 is 0 Å². The molecule has 0 bridgehead atoms. The molecular formula is C21H26F2N8O. The van der Waals surface area contributed by atoms with E-state index < -0.39 is 17.5 Å². The number of alkyl halides is 2.